The number of hydrogen-bond donors (Lipinski definition) is 2. The van der Waals surface area contributed by atoms with Gasteiger partial charge in [-0.05, 0) is 37.6 Å². The van der Waals surface area contributed by atoms with Crippen LogP contribution in [0.5, 0.6) is 0 Å². The third-order valence-corrected chi connectivity index (χ3v) is 4.08. The molecule has 0 saturated carbocycles. The third kappa shape index (κ3) is 2.49. The van der Waals surface area contributed by atoms with Crippen molar-refractivity contribution in [1.82, 2.24) is 0 Å². The van der Waals surface area contributed by atoms with Crippen molar-refractivity contribution in [1.29, 1.82) is 5.26 Å². The molecule has 0 aliphatic carbocycles. The molecule has 20 heavy (non-hydrogen) atoms. The minimum atomic E-state index is -0.689. The van der Waals surface area contributed by atoms with Crippen LogP contribution in [0, 0.1) is 31.0 Å². The van der Waals surface area contributed by atoms with Crippen molar-refractivity contribution < 1.29 is 9.18 Å². The first-order chi connectivity index (χ1) is 9.43. The molecule has 102 valence electrons. The highest BCUT2D eigenvalue weighted by atomic mass is 32.1. The maximum atomic E-state index is 13.7. The zero-order valence-corrected chi connectivity index (χ0v) is 11.8. The number of anilines is 2. The molecule has 2 aromatic rings. The van der Waals surface area contributed by atoms with Crippen molar-refractivity contribution in [3.05, 3.63) is 45.6 Å². The quantitative estimate of drug-likeness (QED) is 0.833. The van der Waals surface area contributed by atoms with Crippen LogP contribution >= 0.6 is 11.3 Å². The Hall–Kier alpha value is -2.39. The lowest BCUT2D eigenvalue weighted by Gasteiger charge is -2.05. The number of carbonyl (C=O) groups is 1. The molecule has 1 amide bonds. The normalized spacial score (nSPS) is 10.1. The van der Waals surface area contributed by atoms with E-state index in [9.17, 15) is 9.18 Å². The first-order valence-electron chi connectivity index (χ1n) is 5.80. The second kappa shape index (κ2) is 5.31. The number of aryl methyl sites for hydroxylation is 1. The van der Waals surface area contributed by atoms with Crippen molar-refractivity contribution in [2.75, 3.05) is 11.1 Å². The van der Waals surface area contributed by atoms with Gasteiger partial charge in [-0.25, -0.2) is 4.39 Å². The first-order valence-corrected chi connectivity index (χ1v) is 6.62. The van der Waals surface area contributed by atoms with Crippen molar-refractivity contribution in [2.45, 2.75) is 13.8 Å². The summed E-state index contributed by atoms with van der Waals surface area (Å²) in [6.45, 7) is 3.67. The lowest BCUT2D eigenvalue weighted by atomic mass is 10.1. The van der Waals surface area contributed by atoms with Crippen molar-refractivity contribution in [2.24, 2.45) is 0 Å². The number of nitrogen functional groups attached to an aromatic ring is 1. The molecule has 0 atom stereocenters. The van der Waals surface area contributed by atoms with Gasteiger partial charge < -0.3 is 11.1 Å². The Morgan fingerprint density at radius 1 is 1.45 bits per heavy atom. The van der Waals surface area contributed by atoms with Crippen LogP contribution in [0.1, 0.15) is 26.4 Å². The number of halogens is 1. The number of amides is 1. The van der Waals surface area contributed by atoms with E-state index in [0.29, 0.717) is 10.6 Å². The predicted molar refractivity (Wildman–Crippen MR) is 77.3 cm³/mol. The number of nitrogens with one attached hydrogen (secondary N) is 1. The summed E-state index contributed by atoms with van der Waals surface area (Å²) in [5.41, 5.74) is 6.82. The molecule has 0 radical (unpaired) electrons. The fourth-order valence-corrected chi connectivity index (χ4v) is 2.74. The van der Waals surface area contributed by atoms with Gasteiger partial charge in [-0.2, -0.15) is 5.26 Å². The molecule has 1 heterocycles. The molecule has 0 bridgehead atoms. The Bertz CT molecular complexity index is 731. The summed E-state index contributed by atoms with van der Waals surface area (Å²) >= 11 is 1.30. The maximum Gasteiger partial charge on any atom is 0.259 e. The fourth-order valence-electron chi connectivity index (χ4n) is 1.74. The highest BCUT2D eigenvalue weighted by Gasteiger charge is 2.17. The SMILES string of the molecule is Cc1sc(NC(=O)c2ccc(N)cc2F)c(C#N)c1C. The van der Waals surface area contributed by atoms with Gasteiger partial charge in [-0.3, -0.25) is 4.79 Å². The van der Waals surface area contributed by atoms with E-state index in [2.05, 4.69) is 5.32 Å². The summed E-state index contributed by atoms with van der Waals surface area (Å²) in [6.07, 6.45) is 0. The van der Waals surface area contributed by atoms with Gasteiger partial charge in [-0.15, -0.1) is 11.3 Å². The molecule has 0 saturated heterocycles. The topological polar surface area (TPSA) is 78.9 Å². The summed E-state index contributed by atoms with van der Waals surface area (Å²) in [4.78, 5) is 13.0. The number of rotatable bonds is 2. The van der Waals surface area contributed by atoms with Crippen LogP contribution in [-0.2, 0) is 0 Å². The van der Waals surface area contributed by atoms with Gasteiger partial charge in [0.15, 0.2) is 0 Å². The summed E-state index contributed by atoms with van der Waals surface area (Å²) in [7, 11) is 0. The van der Waals surface area contributed by atoms with Gasteiger partial charge in [-0.1, -0.05) is 0 Å². The van der Waals surface area contributed by atoms with Gasteiger partial charge in [0.25, 0.3) is 5.91 Å². The molecule has 0 aliphatic heterocycles. The largest absolute Gasteiger partial charge is 0.399 e. The molecule has 6 heteroatoms. The predicted octanol–water partition coefficient (Wildman–Crippen LogP) is 3.21. The zero-order valence-electron chi connectivity index (χ0n) is 11.0. The maximum absolute atomic E-state index is 13.7. The monoisotopic (exact) mass is 289 g/mol. The van der Waals surface area contributed by atoms with Crippen molar-refractivity contribution >= 4 is 27.9 Å². The lowest BCUT2D eigenvalue weighted by molar-refractivity contribution is 0.102. The molecule has 1 aromatic heterocycles. The van der Waals surface area contributed by atoms with Crippen LogP contribution < -0.4 is 11.1 Å². The average molecular weight is 289 g/mol. The number of nitrogens with two attached hydrogens (primary N) is 1. The van der Waals surface area contributed by atoms with Crippen molar-refractivity contribution in [3.8, 4) is 6.07 Å². The van der Waals surface area contributed by atoms with E-state index in [1.54, 1.807) is 0 Å². The Morgan fingerprint density at radius 3 is 2.75 bits per heavy atom. The third-order valence-electron chi connectivity index (χ3n) is 2.96. The van der Waals surface area contributed by atoms with E-state index >= 15 is 0 Å². The molecule has 3 N–H and O–H groups in total. The molecule has 0 fully saturated rings. The minimum Gasteiger partial charge on any atom is -0.399 e. The van der Waals surface area contributed by atoms with Gasteiger partial charge >= 0.3 is 0 Å². The van der Waals surface area contributed by atoms with Crippen LogP contribution in [0.4, 0.5) is 15.1 Å². The molecule has 4 nitrogen and oxygen atoms in total. The second-order valence-electron chi connectivity index (χ2n) is 4.29. The molecule has 2 rings (SSSR count). The number of nitrogens with zero attached hydrogens (tertiary/aromatic N) is 1. The molecular weight excluding hydrogens is 277 g/mol. The number of carbonyl (C=O) groups excluding carboxylic acids is 1. The van der Waals surface area contributed by atoms with Crippen LogP contribution in [0.3, 0.4) is 0 Å². The van der Waals surface area contributed by atoms with E-state index in [0.717, 1.165) is 16.5 Å². The molecule has 1 aromatic carbocycles. The standard InChI is InChI=1S/C14H12FN3OS/c1-7-8(2)20-14(11(7)6-16)18-13(19)10-4-3-9(17)5-12(10)15/h3-5H,17H2,1-2H3,(H,18,19). The summed E-state index contributed by atoms with van der Waals surface area (Å²) in [6, 6.07) is 5.91. The van der Waals surface area contributed by atoms with Crippen molar-refractivity contribution in [3.63, 3.8) is 0 Å². The summed E-state index contributed by atoms with van der Waals surface area (Å²) < 4.78 is 13.7. The highest BCUT2D eigenvalue weighted by Crippen LogP contribution is 2.32. The van der Waals surface area contributed by atoms with E-state index in [1.165, 1.54) is 23.5 Å². The minimum absolute atomic E-state index is 0.105. The smallest absolute Gasteiger partial charge is 0.259 e. The number of hydrogen-bond acceptors (Lipinski definition) is 4. The number of thiophene rings is 1. The van der Waals surface area contributed by atoms with Crippen LogP contribution in [-0.4, -0.2) is 5.91 Å². The molecule has 0 spiro atoms. The molecular formula is C14H12FN3OS. The Labute approximate surface area is 119 Å². The first kappa shape index (κ1) is 14.0. The Balaban J connectivity index is 2.33. The van der Waals surface area contributed by atoms with E-state index in [-0.39, 0.29) is 11.3 Å². The Kier molecular flexibility index (Phi) is 3.72. The molecule has 0 unspecified atom stereocenters. The zero-order chi connectivity index (χ0) is 14.9. The van der Waals surface area contributed by atoms with Gasteiger partial charge in [0.1, 0.15) is 16.9 Å². The van der Waals surface area contributed by atoms with Gasteiger partial charge in [0.05, 0.1) is 11.1 Å². The Morgan fingerprint density at radius 2 is 2.15 bits per heavy atom. The van der Waals surface area contributed by atoms with Crippen LogP contribution in [0.2, 0.25) is 0 Å². The van der Waals surface area contributed by atoms with Gasteiger partial charge in [0.2, 0.25) is 0 Å². The summed E-state index contributed by atoms with van der Waals surface area (Å²) in [5, 5.41) is 12.1. The summed E-state index contributed by atoms with van der Waals surface area (Å²) in [5.74, 6) is -1.29. The van der Waals surface area contributed by atoms with Crippen LogP contribution in [0.15, 0.2) is 18.2 Å². The number of benzene rings is 1. The van der Waals surface area contributed by atoms with Gasteiger partial charge in [0, 0.05) is 10.6 Å². The lowest BCUT2D eigenvalue weighted by Crippen LogP contribution is -2.13. The average Bonchev–Trinajstić information content (AvgIpc) is 2.64. The van der Waals surface area contributed by atoms with E-state index < -0.39 is 11.7 Å². The molecule has 0 aliphatic rings. The van der Waals surface area contributed by atoms with Crippen LogP contribution in [0.25, 0.3) is 0 Å². The van der Waals surface area contributed by atoms with E-state index in [1.807, 2.05) is 19.9 Å². The van der Waals surface area contributed by atoms with E-state index in [4.69, 9.17) is 11.0 Å². The fraction of sp³-hybridized carbons (Fsp3) is 0.143. The highest BCUT2D eigenvalue weighted by molar-refractivity contribution is 7.16. The number of nitriles is 1. The second-order valence-corrected chi connectivity index (χ2v) is 5.52.